The van der Waals surface area contributed by atoms with Crippen LogP contribution in [0.3, 0.4) is 0 Å². The fourth-order valence-electron chi connectivity index (χ4n) is 5.08. The van der Waals surface area contributed by atoms with Gasteiger partial charge in [0.2, 0.25) is 11.8 Å². The van der Waals surface area contributed by atoms with E-state index in [2.05, 4.69) is 5.32 Å². The molecule has 10 heteroatoms. The third kappa shape index (κ3) is 7.61. The standard InChI is InChI=1S/C31H35Cl2N3O4S/c1-3-29(31(38)34-24-9-7-8-10-24)35(20-23-15-18-27(32)28(33)19-23)30(37)21-36(25-11-5-4-6-12-25)41(39,40)26-16-13-22(2)14-17-26/h4-6,11-19,24,29H,3,7-10,20-21H2,1-2H3,(H,34,38). The molecule has 7 nitrogen and oxygen atoms in total. The third-order valence-electron chi connectivity index (χ3n) is 7.36. The Bertz CT molecular complexity index is 1460. The molecule has 3 aromatic rings. The number of hydrogen-bond donors (Lipinski definition) is 1. The summed E-state index contributed by atoms with van der Waals surface area (Å²) in [6.07, 6.45) is 4.26. The molecule has 1 aliphatic rings. The molecule has 1 fully saturated rings. The average molecular weight is 617 g/mol. The number of rotatable bonds is 11. The van der Waals surface area contributed by atoms with Crippen molar-refractivity contribution in [3.8, 4) is 0 Å². The summed E-state index contributed by atoms with van der Waals surface area (Å²) < 4.78 is 28.9. The molecule has 0 aliphatic heterocycles. The summed E-state index contributed by atoms with van der Waals surface area (Å²) in [7, 11) is -4.11. The maximum Gasteiger partial charge on any atom is 0.264 e. The minimum absolute atomic E-state index is 0.0551. The summed E-state index contributed by atoms with van der Waals surface area (Å²) >= 11 is 12.4. The van der Waals surface area contributed by atoms with E-state index >= 15 is 0 Å². The van der Waals surface area contributed by atoms with Crippen molar-refractivity contribution < 1.29 is 18.0 Å². The second kappa shape index (κ2) is 13.7. The number of carbonyl (C=O) groups is 2. The lowest BCUT2D eigenvalue weighted by molar-refractivity contribution is -0.140. The van der Waals surface area contributed by atoms with Crippen molar-refractivity contribution in [3.05, 3.63) is 94.0 Å². The molecule has 2 amide bonds. The van der Waals surface area contributed by atoms with Gasteiger partial charge in [-0.1, -0.05) is 84.9 Å². The molecule has 0 saturated heterocycles. The highest BCUT2D eigenvalue weighted by Crippen LogP contribution is 2.27. The molecule has 3 aromatic carbocycles. The van der Waals surface area contributed by atoms with Crippen molar-refractivity contribution in [2.24, 2.45) is 0 Å². The highest BCUT2D eigenvalue weighted by Gasteiger charge is 2.34. The number of benzene rings is 3. The minimum Gasteiger partial charge on any atom is -0.352 e. The Balaban J connectivity index is 1.70. The van der Waals surface area contributed by atoms with E-state index < -0.39 is 28.5 Å². The highest BCUT2D eigenvalue weighted by atomic mass is 35.5. The van der Waals surface area contributed by atoms with Crippen molar-refractivity contribution in [1.82, 2.24) is 10.2 Å². The number of nitrogens with one attached hydrogen (secondary N) is 1. The van der Waals surface area contributed by atoms with Gasteiger partial charge in [0.05, 0.1) is 20.6 Å². The maximum atomic E-state index is 14.1. The maximum absolute atomic E-state index is 14.1. The van der Waals surface area contributed by atoms with Gasteiger partial charge in [-0.05, 0) is 68.1 Å². The molecule has 1 saturated carbocycles. The van der Waals surface area contributed by atoms with Gasteiger partial charge >= 0.3 is 0 Å². The Labute approximate surface area is 252 Å². The Hall–Kier alpha value is -3.07. The third-order valence-corrected chi connectivity index (χ3v) is 9.88. The summed E-state index contributed by atoms with van der Waals surface area (Å²) in [4.78, 5) is 29.2. The van der Waals surface area contributed by atoms with Crippen LogP contribution >= 0.6 is 23.2 Å². The van der Waals surface area contributed by atoms with Gasteiger partial charge in [0.1, 0.15) is 12.6 Å². The number of para-hydroxylation sites is 1. The SMILES string of the molecule is CCC(C(=O)NC1CCCC1)N(Cc1ccc(Cl)c(Cl)c1)C(=O)CN(c1ccccc1)S(=O)(=O)c1ccc(C)cc1. The van der Waals surface area contributed by atoms with Gasteiger partial charge in [0.15, 0.2) is 0 Å². The smallest absolute Gasteiger partial charge is 0.264 e. The average Bonchev–Trinajstić information content (AvgIpc) is 3.47. The molecule has 1 atom stereocenters. The molecular weight excluding hydrogens is 581 g/mol. The van der Waals surface area contributed by atoms with E-state index in [-0.39, 0.29) is 23.4 Å². The van der Waals surface area contributed by atoms with Crippen LogP contribution in [0.2, 0.25) is 10.0 Å². The van der Waals surface area contributed by atoms with Gasteiger partial charge < -0.3 is 10.2 Å². The van der Waals surface area contributed by atoms with Gasteiger partial charge in [0, 0.05) is 12.6 Å². The molecule has 1 N–H and O–H groups in total. The zero-order chi connectivity index (χ0) is 29.6. The fourth-order valence-corrected chi connectivity index (χ4v) is 6.82. The van der Waals surface area contributed by atoms with E-state index in [0.29, 0.717) is 27.7 Å². The van der Waals surface area contributed by atoms with Crippen LogP contribution < -0.4 is 9.62 Å². The van der Waals surface area contributed by atoms with E-state index in [1.165, 1.54) is 17.0 Å². The fraction of sp³-hybridized carbons (Fsp3) is 0.355. The van der Waals surface area contributed by atoms with Gasteiger partial charge in [-0.2, -0.15) is 0 Å². The van der Waals surface area contributed by atoms with Crippen molar-refractivity contribution in [2.45, 2.75) is 69.5 Å². The van der Waals surface area contributed by atoms with Crippen LogP contribution in [0.5, 0.6) is 0 Å². The minimum atomic E-state index is -4.11. The molecule has 0 heterocycles. The Kier molecular flexibility index (Phi) is 10.3. The molecule has 218 valence electrons. The highest BCUT2D eigenvalue weighted by molar-refractivity contribution is 7.92. The number of halogens is 2. The van der Waals surface area contributed by atoms with Crippen molar-refractivity contribution in [3.63, 3.8) is 0 Å². The zero-order valence-corrected chi connectivity index (χ0v) is 25.6. The molecular formula is C31H35Cl2N3O4S. The first-order chi connectivity index (χ1) is 19.6. The quantitative estimate of drug-likeness (QED) is 0.272. The van der Waals surface area contributed by atoms with Gasteiger partial charge in [-0.3, -0.25) is 13.9 Å². The number of carbonyl (C=O) groups excluding carboxylic acids is 2. The van der Waals surface area contributed by atoms with Crippen LogP contribution in [0.15, 0.2) is 77.7 Å². The van der Waals surface area contributed by atoms with Crippen LogP contribution in [0.4, 0.5) is 5.69 Å². The molecule has 0 spiro atoms. The number of amides is 2. The number of aryl methyl sites for hydroxylation is 1. The van der Waals surface area contributed by atoms with E-state index in [4.69, 9.17) is 23.2 Å². The van der Waals surface area contributed by atoms with Crippen molar-refractivity contribution in [1.29, 1.82) is 0 Å². The Morgan fingerprint density at radius 3 is 2.22 bits per heavy atom. The molecule has 41 heavy (non-hydrogen) atoms. The van der Waals surface area contributed by atoms with E-state index in [1.54, 1.807) is 60.7 Å². The first kappa shape index (κ1) is 30.9. The number of anilines is 1. The Morgan fingerprint density at radius 1 is 0.951 bits per heavy atom. The van der Waals surface area contributed by atoms with Gasteiger partial charge in [0.25, 0.3) is 10.0 Å². The normalized spacial score (nSPS) is 14.4. The molecule has 0 aromatic heterocycles. The second-order valence-electron chi connectivity index (χ2n) is 10.3. The molecule has 1 aliphatic carbocycles. The van der Waals surface area contributed by atoms with E-state index in [0.717, 1.165) is 35.6 Å². The lowest BCUT2D eigenvalue weighted by atomic mass is 10.1. The zero-order valence-electron chi connectivity index (χ0n) is 23.2. The van der Waals surface area contributed by atoms with Crippen LogP contribution in [0.1, 0.15) is 50.2 Å². The lowest BCUT2D eigenvalue weighted by Crippen LogP contribution is -2.53. The summed E-state index contributed by atoms with van der Waals surface area (Å²) in [5, 5.41) is 3.81. The summed E-state index contributed by atoms with van der Waals surface area (Å²) in [5.41, 5.74) is 1.94. The van der Waals surface area contributed by atoms with Crippen LogP contribution in [0, 0.1) is 6.92 Å². The number of sulfonamides is 1. The van der Waals surface area contributed by atoms with Crippen LogP contribution in [-0.4, -0.2) is 43.8 Å². The van der Waals surface area contributed by atoms with Crippen molar-refractivity contribution >= 4 is 50.7 Å². The lowest BCUT2D eigenvalue weighted by Gasteiger charge is -2.33. The first-order valence-corrected chi connectivity index (χ1v) is 16.0. The predicted octanol–water partition coefficient (Wildman–Crippen LogP) is 6.36. The summed E-state index contributed by atoms with van der Waals surface area (Å²) in [6.45, 7) is 3.28. The monoisotopic (exact) mass is 615 g/mol. The van der Waals surface area contributed by atoms with Gasteiger partial charge in [-0.15, -0.1) is 0 Å². The number of nitrogens with zero attached hydrogens (tertiary/aromatic N) is 2. The molecule has 0 bridgehead atoms. The molecule has 4 rings (SSSR count). The van der Waals surface area contributed by atoms with E-state index in [1.807, 2.05) is 13.8 Å². The molecule has 0 radical (unpaired) electrons. The molecule has 1 unspecified atom stereocenters. The predicted molar refractivity (Wildman–Crippen MR) is 164 cm³/mol. The van der Waals surface area contributed by atoms with Crippen LogP contribution in [-0.2, 0) is 26.2 Å². The Morgan fingerprint density at radius 2 is 1.61 bits per heavy atom. The summed E-state index contributed by atoms with van der Waals surface area (Å²) in [5.74, 6) is -0.760. The topological polar surface area (TPSA) is 86.8 Å². The largest absolute Gasteiger partial charge is 0.352 e. The van der Waals surface area contributed by atoms with Crippen molar-refractivity contribution in [2.75, 3.05) is 10.8 Å². The number of hydrogen-bond acceptors (Lipinski definition) is 4. The van der Waals surface area contributed by atoms with E-state index in [9.17, 15) is 18.0 Å². The van der Waals surface area contributed by atoms with Gasteiger partial charge in [-0.25, -0.2) is 8.42 Å². The second-order valence-corrected chi connectivity index (χ2v) is 13.0. The first-order valence-electron chi connectivity index (χ1n) is 13.8. The summed E-state index contributed by atoms with van der Waals surface area (Å²) in [6, 6.07) is 19.3. The van der Waals surface area contributed by atoms with Crippen LogP contribution in [0.25, 0.3) is 0 Å².